The van der Waals surface area contributed by atoms with Crippen LogP contribution in [0.2, 0.25) is 0 Å². The Labute approximate surface area is 120 Å². The number of aliphatic hydroxyl groups is 1. The Morgan fingerprint density at radius 1 is 1.40 bits per heavy atom. The van der Waals surface area contributed by atoms with E-state index in [-0.39, 0.29) is 18.6 Å². The van der Waals surface area contributed by atoms with Crippen LogP contribution in [0.5, 0.6) is 5.75 Å². The molecule has 1 amide bonds. The highest BCUT2D eigenvalue weighted by Crippen LogP contribution is 2.21. The number of rotatable bonds is 5. The minimum Gasteiger partial charge on any atom is -0.493 e. The fourth-order valence-corrected chi connectivity index (χ4v) is 2.42. The van der Waals surface area contributed by atoms with Crippen LogP contribution in [0.15, 0.2) is 24.3 Å². The summed E-state index contributed by atoms with van der Waals surface area (Å²) in [6.45, 7) is 5.64. The Morgan fingerprint density at radius 3 is 2.70 bits per heavy atom. The van der Waals surface area contributed by atoms with Gasteiger partial charge in [-0.15, -0.1) is 0 Å². The van der Waals surface area contributed by atoms with Crippen LogP contribution in [0.25, 0.3) is 0 Å². The molecule has 1 fully saturated rings. The standard InChI is InChI=1S/C16H23NO3/c1-12(2)11-20-15-7-5-13(6-8-15)16(19)17-9-3-4-14(17)10-18/h5-8,12,14,18H,3-4,9-11H2,1-2H3/t14-/m1/s1. The number of hydrogen-bond donors (Lipinski definition) is 1. The van der Waals surface area contributed by atoms with E-state index >= 15 is 0 Å². The van der Waals surface area contributed by atoms with Gasteiger partial charge in [-0.1, -0.05) is 13.8 Å². The maximum absolute atomic E-state index is 12.4. The Morgan fingerprint density at radius 2 is 2.10 bits per heavy atom. The van der Waals surface area contributed by atoms with Gasteiger partial charge in [0, 0.05) is 12.1 Å². The van der Waals surface area contributed by atoms with Gasteiger partial charge >= 0.3 is 0 Å². The number of amides is 1. The zero-order chi connectivity index (χ0) is 14.5. The zero-order valence-electron chi connectivity index (χ0n) is 12.2. The van der Waals surface area contributed by atoms with Gasteiger partial charge in [-0.3, -0.25) is 4.79 Å². The Kier molecular flexibility index (Phi) is 5.01. The molecule has 0 saturated carbocycles. The van der Waals surface area contributed by atoms with Gasteiger partial charge in [-0.25, -0.2) is 0 Å². The van der Waals surface area contributed by atoms with E-state index in [1.54, 1.807) is 17.0 Å². The molecule has 0 radical (unpaired) electrons. The van der Waals surface area contributed by atoms with E-state index in [1.165, 1.54) is 0 Å². The van der Waals surface area contributed by atoms with E-state index in [9.17, 15) is 9.90 Å². The fourth-order valence-electron chi connectivity index (χ4n) is 2.42. The maximum atomic E-state index is 12.4. The summed E-state index contributed by atoms with van der Waals surface area (Å²) < 4.78 is 5.61. The van der Waals surface area contributed by atoms with Crippen molar-refractivity contribution in [2.75, 3.05) is 19.8 Å². The highest BCUT2D eigenvalue weighted by atomic mass is 16.5. The van der Waals surface area contributed by atoms with Gasteiger partial charge in [0.1, 0.15) is 5.75 Å². The van der Waals surface area contributed by atoms with Gasteiger partial charge < -0.3 is 14.7 Å². The van der Waals surface area contributed by atoms with Gasteiger partial charge in [0.05, 0.1) is 19.3 Å². The summed E-state index contributed by atoms with van der Waals surface area (Å²) >= 11 is 0. The van der Waals surface area contributed by atoms with Crippen molar-refractivity contribution >= 4 is 5.91 Å². The van der Waals surface area contributed by atoms with E-state index in [0.29, 0.717) is 18.1 Å². The van der Waals surface area contributed by atoms with E-state index in [0.717, 1.165) is 25.1 Å². The molecule has 1 aliphatic heterocycles. The molecule has 0 spiro atoms. The van der Waals surface area contributed by atoms with Crippen LogP contribution in [-0.2, 0) is 0 Å². The molecule has 0 bridgehead atoms. The SMILES string of the molecule is CC(C)COc1ccc(C(=O)N2CCC[C@@H]2CO)cc1. The van der Waals surface area contributed by atoms with Crippen molar-refractivity contribution in [2.45, 2.75) is 32.7 Å². The average molecular weight is 277 g/mol. The Hall–Kier alpha value is -1.55. The molecule has 0 aliphatic carbocycles. The second kappa shape index (κ2) is 6.75. The summed E-state index contributed by atoms with van der Waals surface area (Å²) in [5.74, 6) is 1.26. The topological polar surface area (TPSA) is 49.8 Å². The first-order valence-corrected chi connectivity index (χ1v) is 7.26. The molecule has 20 heavy (non-hydrogen) atoms. The quantitative estimate of drug-likeness (QED) is 0.898. The third kappa shape index (κ3) is 3.51. The Balaban J connectivity index is 2.00. The zero-order valence-corrected chi connectivity index (χ0v) is 12.2. The van der Waals surface area contributed by atoms with Crippen LogP contribution >= 0.6 is 0 Å². The minimum absolute atomic E-state index is 0.00282. The first kappa shape index (κ1) is 14.9. The molecule has 1 aliphatic rings. The van der Waals surface area contributed by atoms with Crippen LogP contribution in [0, 0.1) is 5.92 Å². The van der Waals surface area contributed by atoms with Crippen LogP contribution in [0.4, 0.5) is 0 Å². The van der Waals surface area contributed by atoms with Crippen molar-refractivity contribution in [2.24, 2.45) is 5.92 Å². The average Bonchev–Trinajstić information content (AvgIpc) is 2.93. The number of benzene rings is 1. The van der Waals surface area contributed by atoms with Crippen molar-refractivity contribution < 1.29 is 14.6 Å². The van der Waals surface area contributed by atoms with Crippen LogP contribution < -0.4 is 4.74 Å². The smallest absolute Gasteiger partial charge is 0.254 e. The molecule has 1 aromatic rings. The van der Waals surface area contributed by atoms with Crippen LogP contribution in [-0.4, -0.2) is 41.7 Å². The predicted octanol–water partition coefficient (Wildman–Crippen LogP) is 2.32. The molecule has 4 nitrogen and oxygen atoms in total. The highest BCUT2D eigenvalue weighted by molar-refractivity contribution is 5.94. The molecule has 1 saturated heterocycles. The van der Waals surface area contributed by atoms with Gasteiger partial charge in [0.2, 0.25) is 0 Å². The molecule has 1 atom stereocenters. The van der Waals surface area contributed by atoms with Gasteiger partial charge in [-0.2, -0.15) is 0 Å². The van der Waals surface area contributed by atoms with Gasteiger partial charge in [0.25, 0.3) is 5.91 Å². The monoisotopic (exact) mass is 277 g/mol. The van der Waals surface area contributed by atoms with E-state index in [4.69, 9.17) is 4.74 Å². The first-order valence-electron chi connectivity index (χ1n) is 7.26. The normalized spacial score (nSPS) is 18.6. The number of ether oxygens (including phenoxy) is 1. The number of hydrogen-bond acceptors (Lipinski definition) is 3. The Bertz CT molecular complexity index is 442. The van der Waals surface area contributed by atoms with E-state index in [1.807, 2.05) is 12.1 Å². The number of carbonyl (C=O) groups excluding carboxylic acids is 1. The molecule has 1 aromatic carbocycles. The molecular weight excluding hydrogens is 254 g/mol. The summed E-state index contributed by atoms with van der Waals surface area (Å²) in [4.78, 5) is 14.1. The second-order valence-electron chi connectivity index (χ2n) is 5.71. The lowest BCUT2D eigenvalue weighted by Gasteiger charge is -2.23. The van der Waals surface area contributed by atoms with Gasteiger partial charge in [-0.05, 0) is 43.0 Å². The lowest BCUT2D eigenvalue weighted by atomic mass is 10.1. The van der Waals surface area contributed by atoms with E-state index in [2.05, 4.69) is 13.8 Å². The third-order valence-corrected chi connectivity index (χ3v) is 3.53. The molecule has 2 rings (SSSR count). The van der Waals surface area contributed by atoms with Crippen molar-refractivity contribution in [3.8, 4) is 5.75 Å². The lowest BCUT2D eigenvalue weighted by molar-refractivity contribution is 0.0677. The number of nitrogens with zero attached hydrogens (tertiary/aromatic N) is 1. The molecule has 110 valence electrons. The molecule has 0 unspecified atom stereocenters. The summed E-state index contributed by atoms with van der Waals surface area (Å²) in [6.07, 6.45) is 1.85. The minimum atomic E-state index is -0.0284. The van der Waals surface area contributed by atoms with E-state index < -0.39 is 0 Å². The highest BCUT2D eigenvalue weighted by Gasteiger charge is 2.28. The van der Waals surface area contributed by atoms with Crippen LogP contribution in [0.1, 0.15) is 37.0 Å². The summed E-state index contributed by atoms with van der Waals surface area (Å²) in [5.41, 5.74) is 0.655. The van der Waals surface area contributed by atoms with Crippen molar-refractivity contribution in [3.63, 3.8) is 0 Å². The predicted molar refractivity (Wildman–Crippen MR) is 77.9 cm³/mol. The molecule has 1 heterocycles. The molecular formula is C16H23NO3. The van der Waals surface area contributed by atoms with Crippen molar-refractivity contribution in [1.82, 2.24) is 4.90 Å². The molecule has 0 aromatic heterocycles. The van der Waals surface area contributed by atoms with Gasteiger partial charge in [0.15, 0.2) is 0 Å². The lowest BCUT2D eigenvalue weighted by Crippen LogP contribution is -2.37. The number of carbonyl (C=O) groups is 1. The largest absolute Gasteiger partial charge is 0.493 e. The fraction of sp³-hybridized carbons (Fsp3) is 0.562. The second-order valence-corrected chi connectivity index (χ2v) is 5.71. The first-order chi connectivity index (χ1) is 9.61. The van der Waals surface area contributed by atoms with Crippen molar-refractivity contribution in [1.29, 1.82) is 0 Å². The summed E-state index contributed by atoms with van der Waals surface area (Å²) in [6, 6.07) is 7.23. The van der Waals surface area contributed by atoms with Crippen molar-refractivity contribution in [3.05, 3.63) is 29.8 Å². The molecule has 1 N–H and O–H groups in total. The maximum Gasteiger partial charge on any atom is 0.254 e. The molecule has 4 heteroatoms. The number of likely N-dealkylation sites (tertiary alicyclic amines) is 1. The summed E-state index contributed by atoms with van der Waals surface area (Å²) in [5, 5.41) is 9.28. The van der Waals surface area contributed by atoms with Crippen LogP contribution in [0.3, 0.4) is 0 Å². The number of aliphatic hydroxyl groups excluding tert-OH is 1. The summed E-state index contributed by atoms with van der Waals surface area (Å²) in [7, 11) is 0. The third-order valence-electron chi connectivity index (χ3n) is 3.53.